The Kier molecular flexibility index (Phi) is 8.25. The standard InChI is InChI=1S/C32H54O2/c1-7-8-12-30(33)34-25-17-19-31(5)24(21-25)13-14-26-28-16-15-27(23(4)11-9-10-22(2)3)32(28,6)20-18-29(26)31/h13,22-23,25-29H,7-12,14-21H2,1-6H3/t23-,25?,26?,27-,28?,29?,31+,32-/m1/s1. The molecule has 3 fully saturated rings. The first kappa shape index (κ1) is 26.3. The van der Waals surface area contributed by atoms with Crippen molar-refractivity contribution in [1.29, 1.82) is 0 Å². The minimum absolute atomic E-state index is 0.0256. The quantitative estimate of drug-likeness (QED) is 0.248. The normalized spacial score (nSPS) is 40.2. The van der Waals surface area contributed by atoms with E-state index in [9.17, 15) is 4.79 Å². The summed E-state index contributed by atoms with van der Waals surface area (Å²) in [5, 5.41) is 0. The molecule has 0 N–H and O–H groups in total. The molecule has 0 radical (unpaired) electrons. The summed E-state index contributed by atoms with van der Waals surface area (Å²) in [6.45, 7) is 14.7. The Balaban J connectivity index is 1.41. The average Bonchev–Trinajstić information content (AvgIpc) is 3.15. The number of ether oxygens (including phenoxy) is 1. The lowest BCUT2D eigenvalue weighted by Gasteiger charge is -2.58. The van der Waals surface area contributed by atoms with E-state index < -0.39 is 0 Å². The predicted octanol–water partition coefficient (Wildman–Crippen LogP) is 9.13. The second-order valence-electron chi connectivity index (χ2n) is 13.7. The van der Waals surface area contributed by atoms with Crippen molar-refractivity contribution in [3.63, 3.8) is 0 Å². The molecule has 4 aliphatic carbocycles. The lowest BCUT2D eigenvalue weighted by atomic mass is 9.47. The van der Waals surface area contributed by atoms with E-state index in [1.807, 2.05) is 0 Å². The Morgan fingerprint density at radius 1 is 1.03 bits per heavy atom. The Bertz CT molecular complexity index is 737. The van der Waals surface area contributed by atoms with Crippen molar-refractivity contribution in [2.24, 2.45) is 46.3 Å². The number of unbranched alkanes of at least 4 members (excludes halogenated alkanes) is 1. The molecule has 34 heavy (non-hydrogen) atoms. The van der Waals surface area contributed by atoms with Crippen LogP contribution in [0.25, 0.3) is 0 Å². The smallest absolute Gasteiger partial charge is 0.306 e. The number of esters is 1. The summed E-state index contributed by atoms with van der Waals surface area (Å²) in [6.07, 6.45) is 19.9. The van der Waals surface area contributed by atoms with Gasteiger partial charge in [0.25, 0.3) is 0 Å². The topological polar surface area (TPSA) is 26.3 Å². The number of carbonyl (C=O) groups excluding carboxylic acids is 1. The third-order valence-corrected chi connectivity index (χ3v) is 11.3. The molecule has 4 rings (SSSR count). The van der Waals surface area contributed by atoms with Crippen LogP contribution >= 0.6 is 0 Å². The van der Waals surface area contributed by atoms with Gasteiger partial charge in [-0.25, -0.2) is 0 Å². The van der Waals surface area contributed by atoms with E-state index in [4.69, 9.17) is 4.74 Å². The van der Waals surface area contributed by atoms with E-state index in [0.29, 0.717) is 17.3 Å². The largest absolute Gasteiger partial charge is 0.462 e. The highest BCUT2D eigenvalue weighted by molar-refractivity contribution is 5.69. The summed E-state index contributed by atoms with van der Waals surface area (Å²) < 4.78 is 5.92. The number of allylic oxidation sites excluding steroid dienone is 1. The van der Waals surface area contributed by atoms with Crippen molar-refractivity contribution in [2.75, 3.05) is 0 Å². The molecule has 3 saturated carbocycles. The van der Waals surface area contributed by atoms with Gasteiger partial charge in [-0.2, -0.15) is 0 Å². The summed E-state index contributed by atoms with van der Waals surface area (Å²) in [5.74, 6) is 5.32. The van der Waals surface area contributed by atoms with Crippen molar-refractivity contribution in [3.05, 3.63) is 11.6 Å². The zero-order valence-electron chi connectivity index (χ0n) is 23.3. The van der Waals surface area contributed by atoms with Crippen LogP contribution in [0.15, 0.2) is 11.6 Å². The Hall–Kier alpha value is -0.790. The molecule has 0 aliphatic heterocycles. The van der Waals surface area contributed by atoms with Gasteiger partial charge in [0.05, 0.1) is 0 Å². The second kappa shape index (κ2) is 10.7. The molecule has 0 aromatic rings. The highest BCUT2D eigenvalue weighted by Gasteiger charge is 2.59. The van der Waals surface area contributed by atoms with Crippen molar-refractivity contribution < 1.29 is 9.53 Å². The molecule has 8 atom stereocenters. The van der Waals surface area contributed by atoms with Gasteiger partial charge in [-0.1, -0.05) is 78.9 Å². The first-order valence-electron chi connectivity index (χ1n) is 15.1. The molecular formula is C32H54O2. The van der Waals surface area contributed by atoms with Gasteiger partial charge in [0.2, 0.25) is 0 Å². The predicted molar refractivity (Wildman–Crippen MR) is 142 cm³/mol. The van der Waals surface area contributed by atoms with Gasteiger partial charge in [-0.05, 0) is 97.7 Å². The highest BCUT2D eigenvalue weighted by Crippen LogP contribution is 2.67. The van der Waals surface area contributed by atoms with Gasteiger partial charge in [-0.15, -0.1) is 0 Å². The van der Waals surface area contributed by atoms with Gasteiger partial charge < -0.3 is 4.74 Å². The van der Waals surface area contributed by atoms with Crippen LogP contribution < -0.4 is 0 Å². The van der Waals surface area contributed by atoms with Crippen LogP contribution in [0, 0.1) is 46.3 Å². The van der Waals surface area contributed by atoms with Gasteiger partial charge >= 0.3 is 5.97 Å². The molecule has 0 bridgehead atoms. The molecule has 0 aromatic heterocycles. The number of carbonyl (C=O) groups is 1. The lowest BCUT2D eigenvalue weighted by molar-refractivity contribution is -0.151. The fourth-order valence-corrected chi connectivity index (χ4v) is 9.32. The van der Waals surface area contributed by atoms with Crippen molar-refractivity contribution in [2.45, 2.75) is 138 Å². The van der Waals surface area contributed by atoms with E-state index in [2.05, 4.69) is 47.6 Å². The first-order chi connectivity index (χ1) is 16.2. The lowest BCUT2D eigenvalue weighted by Crippen LogP contribution is -2.51. The molecule has 2 heteroatoms. The fraction of sp³-hybridized carbons (Fsp3) is 0.906. The zero-order chi connectivity index (χ0) is 24.5. The SMILES string of the molecule is CCCCC(=O)OC1CC[C@@]2(C)C(=CCC3C2CC[C@@]2(C)C3CC[C@@H]2[C@H](C)CCCC(C)C)C1. The third-order valence-electron chi connectivity index (χ3n) is 11.3. The van der Waals surface area contributed by atoms with Gasteiger partial charge in [0, 0.05) is 12.8 Å². The summed E-state index contributed by atoms with van der Waals surface area (Å²) in [6, 6.07) is 0. The van der Waals surface area contributed by atoms with E-state index in [1.54, 1.807) is 5.57 Å². The number of fused-ring (bicyclic) bond motifs is 5. The van der Waals surface area contributed by atoms with E-state index in [1.165, 1.54) is 57.8 Å². The third kappa shape index (κ3) is 5.04. The maximum Gasteiger partial charge on any atom is 0.306 e. The highest BCUT2D eigenvalue weighted by atomic mass is 16.5. The number of rotatable bonds is 9. The minimum atomic E-state index is 0.0256. The minimum Gasteiger partial charge on any atom is -0.462 e. The monoisotopic (exact) mass is 470 g/mol. The van der Waals surface area contributed by atoms with E-state index >= 15 is 0 Å². The van der Waals surface area contributed by atoms with Gasteiger partial charge in [0.15, 0.2) is 0 Å². The Labute approximate surface area is 211 Å². The number of hydrogen-bond donors (Lipinski definition) is 0. The molecule has 4 unspecified atom stereocenters. The van der Waals surface area contributed by atoms with Crippen LogP contribution in [-0.4, -0.2) is 12.1 Å². The van der Waals surface area contributed by atoms with Crippen molar-refractivity contribution >= 4 is 5.97 Å². The molecule has 4 aliphatic rings. The van der Waals surface area contributed by atoms with E-state index in [0.717, 1.165) is 61.2 Å². The summed E-state index contributed by atoms with van der Waals surface area (Å²) in [4.78, 5) is 12.2. The summed E-state index contributed by atoms with van der Waals surface area (Å²) in [5.41, 5.74) is 2.54. The van der Waals surface area contributed by atoms with Crippen LogP contribution in [-0.2, 0) is 9.53 Å². The molecule has 0 spiro atoms. The molecule has 0 amide bonds. The van der Waals surface area contributed by atoms with Crippen molar-refractivity contribution in [1.82, 2.24) is 0 Å². The molecular weight excluding hydrogens is 416 g/mol. The van der Waals surface area contributed by atoms with Gasteiger partial charge in [0.1, 0.15) is 6.10 Å². The van der Waals surface area contributed by atoms with Crippen LogP contribution in [0.5, 0.6) is 0 Å². The summed E-state index contributed by atoms with van der Waals surface area (Å²) in [7, 11) is 0. The van der Waals surface area contributed by atoms with Crippen LogP contribution in [0.4, 0.5) is 0 Å². The van der Waals surface area contributed by atoms with Crippen LogP contribution in [0.2, 0.25) is 0 Å². The molecule has 0 aromatic carbocycles. The maximum absolute atomic E-state index is 12.2. The second-order valence-corrected chi connectivity index (χ2v) is 13.7. The van der Waals surface area contributed by atoms with Crippen LogP contribution in [0.1, 0.15) is 131 Å². The van der Waals surface area contributed by atoms with Gasteiger partial charge in [-0.3, -0.25) is 4.79 Å². The van der Waals surface area contributed by atoms with Crippen LogP contribution in [0.3, 0.4) is 0 Å². The van der Waals surface area contributed by atoms with Crippen molar-refractivity contribution in [3.8, 4) is 0 Å². The molecule has 194 valence electrons. The fourth-order valence-electron chi connectivity index (χ4n) is 9.32. The number of hydrogen-bond acceptors (Lipinski definition) is 2. The van der Waals surface area contributed by atoms with E-state index in [-0.39, 0.29) is 12.1 Å². The molecule has 2 nitrogen and oxygen atoms in total. The summed E-state index contributed by atoms with van der Waals surface area (Å²) >= 11 is 0. The zero-order valence-corrected chi connectivity index (χ0v) is 23.3. The molecule has 0 saturated heterocycles. The Morgan fingerprint density at radius 2 is 1.82 bits per heavy atom. The maximum atomic E-state index is 12.2. The Morgan fingerprint density at radius 3 is 2.56 bits per heavy atom. The molecule has 0 heterocycles. The average molecular weight is 471 g/mol. The first-order valence-corrected chi connectivity index (χ1v) is 15.1.